The molecule has 6 heteroatoms. The lowest BCUT2D eigenvalue weighted by Gasteiger charge is -2.16. The van der Waals surface area contributed by atoms with Crippen LogP contribution in [0.25, 0.3) is 10.9 Å². The van der Waals surface area contributed by atoms with E-state index >= 15 is 0 Å². The number of nitrogens with one attached hydrogen (secondary N) is 3. The summed E-state index contributed by atoms with van der Waals surface area (Å²) in [7, 11) is 0. The van der Waals surface area contributed by atoms with Crippen LogP contribution in [-0.2, 0) is 21.4 Å². The van der Waals surface area contributed by atoms with Gasteiger partial charge in [-0.25, -0.2) is 0 Å². The van der Waals surface area contributed by atoms with Crippen LogP contribution in [0, 0.1) is 6.92 Å². The summed E-state index contributed by atoms with van der Waals surface area (Å²) in [6.07, 6.45) is 0.214. The first-order valence-corrected chi connectivity index (χ1v) is 9.12. The average molecular weight is 375 g/mol. The smallest absolute Gasteiger partial charge is 0.251 e. The third kappa shape index (κ3) is 3.07. The Morgan fingerprint density at radius 2 is 1.86 bits per heavy atom. The molecular formula is C22H21N3O3. The molecule has 0 fully saturated rings. The summed E-state index contributed by atoms with van der Waals surface area (Å²) < 4.78 is 0. The zero-order valence-electron chi connectivity index (χ0n) is 16.0. The highest BCUT2D eigenvalue weighted by atomic mass is 16.2. The molecule has 4 rings (SSSR count). The molecule has 1 aliphatic rings. The van der Waals surface area contributed by atoms with Gasteiger partial charge in [0.2, 0.25) is 11.8 Å². The number of hydrogen-bond donors (Lipinski definition) is 3. The molecule has 0 saturated carbocycles. The second-order valence-electron chi connectivity index (χ2n) is 7.77. The van der Waals surface area contributed by atoms with Crippen molar-refractivity contribution in [3.05, 3.63) is 69.5 Å². The average Bonchev–Trinajstić information content (AvgIpc) is 2.85. The Morgan fingerprint density at radius 3 is 2.64 bits per heavy atom. The lowest BCUT2D eigenvalue weighted by molar-refractivity contribution is -0.119. The second-order valence-corrected chi connectivity index (χ2v) is 7.77. The summed E-state index contributed by atoms with van der Waals surface area (Å²) in [5, 5.41) is 6.66. The molecule has 3 N–H and O–H groups in total. The van der Waals surface area contributed by atoms with Gasteiger partial charge in [0.15, 0.2) is 0 Å². The van der Waals surface area contributed by atoms with Crippen LogP contribution in [-0.4, -0.2) is 16.8 Å². The van der Waals surface area contributed by atoms with E-state index in [-0.39, 0.29) is 23.8 Å². The maximum absolute atomic E-state index is 12.5. The number of aryl methyl sites for hydroxylation is 1. The highest BCUT2D eigenvalue weighted by Gasteiger charge is 2.38. The molecule has 2 aromatic carbocycles. The van der Waals surface area contributed by atoms with Crippen LogP contribution in [0.4, 0.5) is 11.4 Å². The predicted molar refractivity (Wildman–Crippen MR) is 110 cm³/mol. The summed E-state index contributed by atoms with van der Waals surface area (Å²) >= 11 is 0. The Hall–Kier alpha value is -3.41. The number of aromatic amines is 1. The third-order valence-corrected chi connectivity index (χ3v) is 5.25. The molecule has 1 aromatic heterocycles. The fourth-order valence-electron chi connectivity index (χ4n) is 3.51. The molecule has 0 saturated heterocycles. The molecule has 0 atom stereocenters. The predicted octanol–water partition coefficient (Wildman–Crippen LogP) is 3.25. The van der Waals surface area contributed by atoms with E-state index in [0.29, 0.717) is 11.3 Å². The number of hydrogen-bond acceptors (Lipinski definition) is 3. The molecule has 0 spiro atoms. The Morgan fingerprint density at radius 1 is 1.07 bits per heavy atom. The molecule has 1 aliphatic heterocycles. The van der Waals surface area contributed by atoms with Crippen LogP contribution in [0.2, 0.25) is 0 Å². The summed E-state index contributed by atoms with van der Waals surface area (Å²) in [4.78, 5) is 39.1. The normalized spacial score (nSPS) is 14.6. The van der Waals surface area contributed by atoms with Crippen LogP contribution in [0.5, 0.6) is 0 Å². The number of pyridine rings is 1. The third-order valence-electron chi connectivity index (χ3n) is 5.25. The van der Waals surface area contributed by atoms with Crippen LogP contribution < -0.4 is 16.2 Å². The van der Waals surface area contributed by atoms with Gasteiger partial charge >= 0.3 is 0 Å². The number of aromatic nitrogens is 1. The highest BCUT2D eigenvalue weighted by molar-refractivity contribution is 6.06. The van der Waals surface area contributed by atoms with Gasteiger partial charge in [0.25, 0.3) is 5.56 Å². The summed E-state index contributed by atoms with van der Waals surface area (Å²) in [6, 6.07) is 12.8. The topological polar surface area (TPSA) is 91.1 Å². The molecule has 2 amide bonds. The quantitative estimate of drug-likeness (QED) is 0.656. The summed E-state index contributed by atoms with van der Waals surface area (Å²) in [5.41, 5.74) is 3.83. The zero-order valence-corrected chi connectivity index (χ0v) is 16.0. The minimum atomic E-state index is -0.622. The van der Waals surface area contributed by atoms with E-state index in [1.165, 1.54) is 0 Å². The summed E-state index contributed by atoms with van der Waals surface area (Å²) in [5.74, 6) is -0.189. The van der Waals surface area contributed by atoms with Gasteiger partial charge in [-0.3, -0.25) is 14.4 Å². The SMILES string of the molecule is Cc1cc2cc(CC(=O)Nc3ccc4c(c3)C(C)(C)C(=O)N4)ccc2[nH]c1=O. The van der Waals surface area contributed by atoms with Gasteiger partial charge < -0.3 is 15.6 Å². The van der Waals surface area contributed by atoms with Crippen LogP contribution in [0.15, 0.2) is 47.3 Å². The lowest BCUT2D eigenvalue weighted by atomic mass is 9.86. The molecule has 0 radical (unpaired) electrons. The number of H-pyrrole nitrogens is 1. The molecule has 142 valence electrons. The minimum absolute atomic E-state index is 0.0459. The molecular weight excluding hydrogens is 354 g/mol. The van der Waals surface area contributed by atoms with Crippen molar-refractivity contribution < 1.29 is 9.59 Å². The molecule has 2 heterocycles. The van der Waals surface area contributed by atoms with Crippen molar-refractivity contribution in [2.45, 2.75) is 32.6 Å². The number of benzene rings is 2. The van der Waals surface area contributed by atoms with Gasteiger partial charge in [-0.05, 0) is 73.7 Å². The van der Waals surface area contributed by atoms with Crippen molar-refractivity contribution in [1.29, 1.82) is 0 Å². The first kappa shape index (κ1) is 18.0. The fraction of sp³-hybridized carbons (Fsp3) is 0.227. The van der Waals surface area contributed by atoms with Crippen molar-refractivity contribution in [1.82, 2.24) is 4.98 Å². The minimum Gasteiger partial charge on any atom is -0.326 e. The highest BCUT2D eigenvalue weighted by Crippen LogP contribution is 2.38. The number of fused-ring (bicyclic) bond motifs is 2. The van der Waals surface area contributed by atoms with Crippen LogP contribution in [0.3, 0.4) is 0 Å². The maximum Gasteiger partial charge on any atom is 0.251 e. The Balaban J connectivity index is 1.53. The van der Waals surface area contributed by atoms with E-state index in [2.05, 4.69) is 15.6 Å². The van der Waals surface area contributed by atoms with E-state index in [9.17, 15) is 14.4 Å². The van der Waals surface area contributed by atoms with Gasteiger partial charge in [-0.15, -0.1) is 0 Å². The number of carbonyl (C=O) groups is 2. The maximum atomic E-state index is 12.5. The largest absolute Gasteiger partial charge is 0.326 e. The van der Waals surface area contributed by atoms with Gasteiger partial charge in [0.05, 0.1) is 11.8 Å². The fourth-order valence-corrected chi connectivity index (χ4v) is 3.51. The van der Waals surface area contributed by atoms with Gasteiger partial charge in [-0.2, -0.15) is 0 Å². The Kier molecular flexibility index (Phi) is 4.07. The molecule has 28 heavy (non-hydrogen) atoms. The van der Waals surface area contributed by atoms with Gasteiger partial charge in [0, 0.05) is 22.5 Å². The zero-order chi connectivity index (χ0) is 20.1. The van der Waals surface area contributed by atoms with Crippen molar-refractivity contribution in [3.63, 3.8) is 0 Å². The van der Waals surface area contributed by atoms with E-state index in [1.54, 1.807) is 13.0 Å². The van der Waals surface area contributed by atoms with Crippen molar-refractivity contribution in [3.8, 4) is 0 Å². The molecule has 3 aromatic rings. The second kappa shape index (κ2) is 6.34. The van der Waals surface area contributed by atoms with Crippen molar-refractivity contribution in [2.24, 2.45) is 0 Å². The lowest BCUT2D eigenvalue weighted by Crippen LogP contribution is -2.27. The molecule has 0 bridgehead atoms. The van der Waals surface area contributed by atoms with E-state index in [0.717, 1.165) is 27.7 Å². The molecule has 0 aliphatic carbocycles. The van der Waals surface area contributed by atoms with Crippen molar-refractivity contribution >= 4 is 34.1 Å². The molecule has 6 nitrogen and oxygen atoms in total. The summed E-state index contributed by atoms with van der Waals surface area (Å²) in [6.45, 7) is 5.48. The first-order valence-electron chi connectivity index (χ1n) is 9.12. The van der Waals surface area contributed by atoms with Crippen LogP contribution >= 0.6 is 0 Å². The number of anilines is 2. The van der Waals surface area contributed by atoms with Gasteiger partial charge in [-0.1, -0.05) is 6.07 Å². The van der Waals surface area contributed by atoms with E-state index in [1.807, 2.05) is 50.2 Å². The monoisotopic (exact) mass is 375 g/mol. The number of amides is 2. The van der Waals surface area contributed by atoms with E-state index < -0.39 is 5.41 Å². The number of rotatable bonds is 3. The molecule has 0 unspecified atom stereocenters. The van der Waals surface area contributed by atoms with Crippen molar-refractivity contribution in [2.75, 3.05) is 10.6 Å². The van der Waals surface area contributed by atoms with Gasteiger partial charge in [0.1, 0.15) is 0 Å². The standard InChI is InChI=1S/C22H21N3O3/c1-12-8-14-9-13(4-6-17(14)24-20(12)27)10-19(26)23-15-5-7-18-16(11-15)22(2,3)21(28)25-18/h4-9,11H,10H2,1-3H3,(H,23,26)(H,24,27)(H,25,28). The Bertz CT molecular complexity index is 1190. The first-order chi connectivity index (χ1) is 13.2. The van der Waals surface area contributed by atoms with E-state index in [4.69, 9.17) is 0 Å². The Labute approximate surface area is 162 Å². The number of carbonyl (C=O) groups excluding carboxylic acids is 2. The van der Waals surface area contributed by atoms with Crippen LogP contribution in [0.1, 0.15) is 30.5 Å².